The molecule has 0 radical (unpaired) electrons. The molecule has 4 rings (SSSR count). The van der Waals surface area contributed by atoms with E-state index in [2.05, 4.69) is 0 Å². The van der Waals surface area contributed by atoms with Gasteiger partial charge in [-0.2, -0.15) is 0 Å². The van der Waals surface area contributed by atoms with Crippen LogP contribution >= 0.6 is 0 Å². The largest absolute Gasteiger partial charge is 0.508 e. The summed E-state index contributed by atoms with van der Waals surface area (Å²) >= 11 is 0. The molecule has 3 aromatic carbocycles. The van der Waals surface area contributed by atoms with Gasteiger partial charge in [0.2, 0.25) is 0 Å². The molecule has 1 aliphatic rings. The predicted octanol–water partition coefficient (Wildman–Crippen LogP) is 4.59. The van der Waals surface area contributed by atoms with Crippen molar-refractivity contribution in [3.63, 3.8) is 0 Å². The normalized spacial score (nSPS) is 17.6. The topological polar surface area (TPSA) is 87.1 Å². The van der Waals surface area contributed by atoms with Crippen molar-refractivity contribution < 1.29 is 24.5 Å². The average molecular weight is 429 g/mol. The smallest absolute Gasteiger partial charge is 0.300 e. The second-order valence-corrected chi connectivity index (χ2v) is 7.52. The molecular weight excluding hydrogens is 406 g/mol. The Morgan fingerprint density at radius 2 is 1.72 bits per heavy atom. The number of aliphatic hydroxyl groups is 1. The quantitative estimate of drug-likeness (QED) is 0.352. The van der Waals surface area contributed by atoms with Gasteiger partial charge < -0.3 is 14.9 Å². The first-order chi connectivity index (χ1) is 15.4. The Kier molecular flexibility index (Phi) is 5.69. The Balaban J connectivity index is 1.93. The molecule has 1 saturated heterocycles. The van der Waals surface area contributed by atoms with E-state index < -0.39 is 17.7 Å². The third-order valence-corrected chi connectivity index (χ3v) is 5.60. The zero-order chi connectivity index (χ0) is 22.8. The van der Waals surface area contributed by atoms with Crippen LogP contribution in [0.15, 0.2) is 78.4 Å². The van der Waals surface area contributed by atoms with Gasteiger partial charge in [0.05, 0.1) is 18.7 Å². The van der Waals surface area contributed by atoms with Crippen molar-refractivity contribution in [2.24, 2.45) is 0 Å². The van der Waals surface area contributed by atoms with E-state index in [1.165, 1.54) is 24.1 Å². The number of nitrogens with zero attached hydrogens (tertiary/aromatic N) is 1. The fraction of sp³-hybridized carbons (Fsp3) is 0.154. The van der Waals surface area contributed by atoms with Crippen LogP contribution in [0.4, 0.5) is 5.69 Å². The number of aliphatic hydroxyl groups excluding tert-OH is 1. The number of aryl methyl sites for hydroxylation is 1. The van der Waals surface area contributed by atoms with Crippen LogP contribution in [0.2, 0.25) is 0 Å². The summed E-state index contributed by atoms with van der Waals surface area (Å²) in [4.78, 5) is 27.6. The molecule has 0 aliphatic carbocycles. The Hall–Kier alpha value is -4.06. The van der Waals surface area contributed by atoms with Gasteiger partial charge in [-0.3, -0.25) is 14.5 Å². The number of ketones is 1. The molecule has 1 atom stereocenters. The van der Waals surface area contributed by atoms with Crippen molar-refractivity contribution in [3.8, 4) is 11.5 Å². The third-order valence-electron chi connectivity index (χ3n) is 5.60. The Bertz CT molecular complexity index is 1210. The molecule has 0 saturated carbocycles. The molecule has 0 bridgehead atoms. The standard InChI is InChI=1S/C26H23NO5/c1-3-16-10-12-17(13-11-16)24(29)22-23(18-6-4-8-20(28)14-18)27(26(31)25(22)30)19-7-5-9-21(15-19)32-2/h4-15,23,28-29H,3H2,1-2H3/b24-22+. The van der Waals surface area contributed by atoms with Crippen molar-refractivity contribution in [2.75, 3.05) is 12.0 Å². The lowest BCUT2D eigenvalue weighted by Crippen LogP contribution is -2.29. The fourth-order valence-electron chi connectivity index (χ4n) is 3.92. The predicted molar refractivity (Wildman–Crippen MR) is 122 cm³/mol. The van der Waals surface area contributed by atoms with E-state index in [1.807, 2.05) is 19.1 Å². The van der Waals surface area contributed by atoms with Crippen molar-refractivity contribution >= 4 is 23.1 Å². The number of aromatic hydroxyl groups is 1. The summed E-state index contributed by atoms with van der Waals surface area (Å²) in [5.74, 6) is -1.30. The molecule has 0 spiro atoms. The summed E-state index contributed by atoms with van der Waals surface area (Å²) in [5, 5.41) is 21.2. The Morgan fingerprint density at radius 1 is 1.00 bits per heavy atom. The molecule has 0 aromatic heterocycles. The van der Waals surface area contributed by atoms with Crippen LogP contribution in [-0.2, 0) is 16.0 Å². The van der Waals surface area contributed by atoms with E-state index in [4.69, 9.17) is 4.74 Å². The second-order valence-electron chi connectivity index (χ2n) is 7.52. The maximum Gasteiger partial charge on any atom is 0.300 e. The van der Waals surface area contributed by atoms with Gasteiger partial charge in [0, 0.05) is 17.3 Å². The summed E-state index contributed by atoms with van der Waals surface area (Å²) in [6.07, 6.45) is 0.838. The Labute approximate surface area is 186 Å². The van der Waals surface area contributed by atoms with Gasteiger partial charge in [0.15, 0.2) is 0 Å². The number of amides is 1. The first-order valence-electron chi connectivity index (χ1n) is 10.3. The van der Waals surface area contributed by atoms with E-state index in [1.54, 1.807) is 48.5 Å². The maximum absolute atomic E-state index is 13.1. The molecule has 162 valence electrons. The lowest BCUT2D eigenvalue weighted by molar-refractivity contribution is -0.132. The number of phenols is 1. The summed E-state index contributed by atoms with van der Waals surface area (Å²) in [7, 11) is 1.51. The van der Waals surface area contributed by atoms with Gasteiger partial charge in [-0.25, -0.2) is 0 Å². The van der Waals surface area contributed by atoms with Gasteiger partial charge in [0.1, 0.15) is 17.3 Å². The summed E-state index contributed by atoms with van der Waals surface area (Å²) < 4.78 is 5.28. The number of phenolic OH excluding ortho intramolecular Hbond substituents is 1. The van der Waals surface area contributed by atoms with E-state index in [-0.39, 0.29) is 17.1 Å². The molecule has 1 amide bonds. The van der Waals surface area contributed by atoms with Gasteiger partial charge in [-0.1, -0.05) is 49.4 Å². The number of carbonyl (C=O) groups excluding carboxylic acids is 2. The van der Waals surface area contributed by atoms with Crippen molar-refractivity contribution in [1.29, 1.82) is 0 Å². The highest BCUT2D eigenvalue weighted by Crippen LogP contribution is 2.43. The average Bonchev–Trinajstić information content (AvgIpc) is 3.09. The molecule has 1 aliphatic heterocycles. The van der Waals surface area contributed by atoms with Crippen LogP contribution in [0.3, 0.4) is 0 Å². The van der Waals surface area contributed by atoms with Crippen molar-refractivity contribution in [3.05, 3.63) is 95.1 Å². The highest BCUT2D eigenvalue weighted by atomic mass is 16.5. The summed E-state index contributed by atoms with van der Waals surface area (Å²) in [6, 6.07) is 19.4. The number of rotatable bonds is 5. The van der Waals surface area contributed by atoms with Gasteiger partial charge in [-0.05, 0) is 41.8 Å². The van der Waals surface area contributed by atoms with Crippen molar-refractivity contribution in [2.45, 2.75) is 19.4 Å². The van der Waals surface area contributed by atoms with E-state index >= 15 is 0 Å². The van der Waals surface area contributed by atoms with Crippen LogP contribution in [0.5, 0.6) is 11.5 Å². The van der Waals surface area contributed by atoms with E-state index in [0.717, 1.165) is 12.0 Å². The number of methoxy groups -OCH3 is 1. The molecule has 1 fully saturated rings. The summed E-state index contributed by atoms with van der Waals surface area (Å²) in [5.41, 5.74) is 2.44. The first-order valence-corrected chi connectivity index (χ1v) is 10.3. The van der Waals surface area contributed by atoms with Gasteiger partial charge in [-0.15, -0.1) is 0 Å². The summed E-state index contributed by atoms with van der Waals surface area (Å²) in [6.45, 7) is 2.02. The maximum atomic E-state index is 13.1. The van der Waals surface area contributed by atoms with Crippen molar-refractivity contribution in [1.82, 2.24) is 0 Å². The highest BCUT2D eigenvalue weighted by Gasteiger charge is 2.47. The zero-order valence-corrected chi connectivity index (χ0v) is 17.8. The van der Waals surface area contributed by atoms with Crippen LogP contribution in [0, 0.1) is 0 Å². The minimum atomic E-state index is -0.917. The molecule has 3 aromatic rings. The molecule has 32 heavy (non-hydrogen) atoms. The minimum Gasteiger partial charge on any atom is -0.508 e. The SMILES string of the molecule is CCc1ccc(/C(O)=C2\C(=O)C(=O)N(c3cccc(OC)c3)C2c2cccc(O)c2)cc1. The molecule has 1 heterocycles. The number of hydrogen-bond donors (Lipinski definition) is 2. The monoisotopic (exact) mass is 429 g/mol. The number of hydrogen-bond acceptors (Lipinski definition) is 5. The van der Waals surface area contributed by atoms with E-state index in [0.29, 0.717) is 22.6 Å². The number of ether oxygens (including phenoxy) is 1. The molecule has 2 N–H and O–H groups in total. The van der Waals surface area contributed by atoms with Crippen LogP contribution in [0.1, 0.15) is 29.7 Å². The van der Waals surface area contributed by atoms with Crippen LogP contribution in [0.25, 0.3) is 5.76 Å². The third kappa shape index (κ3) is 3.71. The van der Waals surface area contributed by atoms with Crippen LogP contribution < -0.4 is 9.64 Å². The molecule has 1 unspecified atom stereocenters. The Morgan fingerprint density at radius 3 is 2.38 bits per heavy atom. The fourth-order valence-corrected chi connectivity index (χ4v) is 3.92. The first kappa shape index (κ1) is 21.2. The zero-order valence-electron chi connectivity index (χ0n) is 17.8. The second kappa shape index (κ2) is 8.59. The molecule has 6 nitrogen and oxygen atoms in total. The lowest BCUT2D eigenvalue weighted by Gasteiger charge is -2.25. The lowest BCUT2D eigenvalue weighted by atomic mass is 9.94. The van der Waals surface area contributed by atoms with Crippen LogP contribution in [-0.4, -0.2) is 29.0 Å². The van der Waals surface area contributed by atoms with Gasteiger partial charge in [0.25, 0.3) is 11.7 Å². The minimum absolute atomic E-state index is 0.00831. The number of benzene rings is 3. The number of anilines is 1. The highest BCUT2D eigenvalue weighted by molar-refractivity contribution is 6.51. The molecule has 6 heteroatoms. The van der Waals surface area contributed by atoms with E-state index in [9.17, 15) is 19.8 Å². The number of Topliss-reactive ketones (excluding diaryl/α,β-unsaturated/α-hetero) is 1. The molecular formula is C26H23NO5. The van der Waals surface area contributed by atoms with Gasteiger partial charge >= 0.3 is 0 Å². The number of carbonyl (C=O) groups is 2.